The molecule has 1 aliphatic heterocycles. The summed E-state index contributed by atoms with van der Waals surface area (Å²) in [5.74, 6) is -0.0838. The molecule has 1 fully saturated rings. The van der Waals surface area contributed by atoms with E-state index in [9.17, 15) is 4.79 Å². The molecule has 1 aliphatic carbocycles. The van der Waals surface area contributed by atoms with E-state index in [-0.39, 0.29) is 5.92 Å². The molecule has 5 heteroatoms. The van der Waals surface area contributed by atoms with E-state index in [1.165, 1.54) is 17.7 Å². The Hall–Kier alpha value is -1.65. The van der Waals surface area contributed by atoms with E-state index in [2.05, 4.69) is 21.8 Å². The van der Waals surface area contributed by atoms with Crippen LogP contribution in [0.5, 0.6) is 0 Å². The Labute approximate surface area is 112 Å². The van der Waals surface area contributed by atoms with E-state index in [0.717, 1.165) is 37.6 Å². The van der Waals surface area contributed by atoms with Crippen molar-refractivity contribution in [2.24, 2.45) is 5.92 Å². The van der Waals surface area contributed by atoms with Gasteiger partial charge in [0.1, 0.15) is 0 Å². The van der Waals surface area contributed by atoms with E-state index in [1.54, 1.807) is 0 Å². The lowest BCUT2D eigenvalue weighted by molar-refractivity contribution is -0.142. The number of carboxylic acids is 1. The lowest BCUT2D eigenvalue weighted by Crippen LogP contribution is -2.37. The highest BCUT2D eigenvalue weighted by Crippen LogP contribution is 2.26. The van der Waals surface area contributed by atoms with Gasteiger partial charge in [0, 0.05) is 24.5 Å². The minimum atomic E-state index is -0.675. The smallest absolute Gasteiger partial charge is 0.306 e. The quantitative estimate of drug-likeness (QED) is 0.875. The molecule has 1 aromatic heterocycles. The van der Waals surface area contributed by atoms with Gasteiger partial charge in [-0.25, -0.2) is 9.97 Å². The van der Waals surface area contributed by atoms with E-state index < -0.39 is 5.97 Å². The van der Waals surface area contributed by atoms with Gasteiger partial charge in [0.05, 0.1) is 5.92 Å². The van der Waals surface area contributed by atoms with Gasteiger partial charge in [-0.15, -0.1) is 0 Å². The zero-order valence-electron chi connectivity index (χ0n) is 11.2. The average molecular weight is 261 g/mol. The van der Waals surface area contributed by atoms with Crippen molar-refractivity contribution in [2.75, 3.05) is 18.0 Å². The summed E-state index contributed by atoms with van der Waals surface area (Å²) >= 11 is 0. The number of aliphatic carboxylic acids is 1. The number of hydrogen-bond donors (Lipinski definition) is 1. The molecule has 0 aromatic carbocycles. The molecule has 0 radical (unpaired) electrons. The molecule has 0 spiro atoms. The van der Waals surface area contributed by atoms with Gasteiger partial charge < -0.3 is 10.0 Å². The second kappa shape index (κ2) is 4.79. The van der Waals surface area contributed by atoms with Crippen LogP contribution in [0.4, 0.5) is 5.95 Å². The molecular weight excluding hydrogens is 242 g/mol. The van der Waals surface area contributed by atoms with Gasteiger partial charge in [-0.3, -0.25) is 4.79 Å². The van der Waals surface area contributed by atoms with E-state index in [1.807, 2.05) is 0 Å². The van der Waals surface area contributed by atoms with Crippen molar-refractivity contribution in [3.63, 3.8) is 0 Å². The summed E-state index contributed by atoms with van der Waals surface area (Å²) in [4.78, 5) is 22.4. The molecule has 0 amide bonds. The molecule has 0 bridgehead atoms. The van der Waals surface area contributed by atoms with Crippen molar-refractivity contribution in [3.8, 4) is 0 Å². The maximum Gasteiger partial charge on any atom is 0.306 e. The first-order valence-electron chi connectivity index (χ1n) is 6.99. The largest absolute Gasteiger partial charge is 0.481 e. The topological polar surface area (TPSA) is 66.3 Å². The zero-order chi connectivity index (χ0) is 13.4. The Morgan fingerprint density at radius 3 is 2.68 bits per heavy atom. The lowest BCUT2D eigenvalue weighted by atomic mass is 9.97. The highest BCUT2D eigenvalue weighted by Gasteiger charge is 2.27. The maximum absolute atomic E-state index is 11.0. The number of piperidine rings is 1. The van der Waals surface area contributed by atoms with Crippen LogP contribution in [-0.2, 0) is 17.6 Å². The van der Waals surface area contributed by atoms with Crippen molar-refractivity contribution in [1.82, 2.24) is 9.97 Å². The fourth-order valence-corrected chi connectivity index (χ4v) is 3.07. The zero-order valence-corrected chi connectivity index (χ0v) is 11.2. The van der Waals surface area contributed by atoms with Crippen molar-refractivity contribution in [3.05, 3.63) is 17.0 Å². The number of nitrogens with zero attached hydrogens (tertiary/aromatic N) is 3. The number of aromatic nitrogens is 2. The monoisotopic (exact) mass is 261 g/mol. The molecule has 2 heterocycles. The van der Waals surface area contributed by atoms with Gasteiger partial charge in [0.25, 0.3) is 0 Å². The summed E-state index contributed by atoms with van der Waals surface area (Å²) in [5.41, 5.74) is 3.62. The molecule has 3 rings (SSSR count). The summed E-state index contributed by atoms with van der Waals surface area (Å²) in [6, 6.07) is 0. The van der Waals surface area contributed by atoms with Crippen LogP contribution in [0.2, 0.25) is 0 Å². The van der Waals surface area contributed by atoms with E-state index >= 15 is 0 Å². The molecule has 0 atom stereocenters. The summed E-state index contributed by atoms with van der Waals surface area (Å²) in [6.45, 7) is 3.55. The van der Waals surface area contributed by atoms with Crippen molar-refractivity contribution in [2.45, 2.75) is 39.0 Å². The first-order chi connectivity index (χ1) is 9.15. The van der Waals surface area contributed by atoms with Gasteiger partial charge in [0.2, 0.25) is 5.95 Å². The molecule has 2 aliphatic rings. The van der Waals surface area contributed by atoms with Crippen LogP contribution in [0.3, 0.4) is 0 Å². The maximum atomic E-state index is 11.0. The van der Waals surface area contributed by atoms with Crippen molar-refractivity contribution < 1.29 is 9.90 Å². The Kier molecular flexibility index (Phi) is 3.12. The number of fused-ring (bicyclic) bond motifs is 1. The molecule has 19 heavy (non-hydrogen) atoms. The Balaban J connectivity index is 1.77. The number of anilines is 1. The lowest BCUT2D eigenvalue weighted by Gasteiger charge is -2.30. The Morgan fingerprint density at radius 1 is 1.26 bits per heavy atom. The third-order valence-corrected chi connectivity index (χ3v) is 4.26. The molecule has 0 unspecified atom stereocenters. The highest BCUT2D eigenvalue weighted by atomic mass is 16.4. The Bertz CT molecular complexity index is 508. The molecule has 1 saturated heterocycles. The van der Waals surface area contributed by atoms with Gasteiger partial charge >= 0.3 is 5.97 Å². The van der Waals surface area contributed by atoms with Crippen LogP contribution in [0.1, 0.15) is 36.2 Å². The normalized spacial score (nSPS) is 19.5. The van der Waals surface area contributed by atoms with Gasteiger partial charge in [-0.2, -0.15) is 0 Å². The average Bonchev–Trinajstić information content (AvgIpc) is 2.87. The number of carboxylic acid groups (broad SMARTS) is 1. The minimum Gasteiger partial charge on any atom is -0.481 e. The summed E-state index contributed by atoms with van der Waals surface area (Å²) in [5, 5.41) is 9.02. The molecule has 1 aromatic rings. The van der Waals surface area contributed by atoms with Crippen molar-refractivity contribution in [1.29, 1.82) is 0 Å². The molecular formula is C14H19N3O2. The SMILES string of the molecule is Cc1nc(N2CCC(C(=O)O)CC2)nc2c1CCC2. The van der Waals surface area contributed by atoms with Crippen LogP contribution in [0.15, 0.2) is 0 Å². The Morgan fingerprint density at radius 2 is 2.00 bits per heavy atom. The number of aryl methyl sites for hydroxylation is 2. The highest BCUT2D eigenvalue weighted by molar-refractivity contribution is 5.70. The molecule has 5 nitrogen and oxygen atoms in total. The predicted molar refractivity (Wildman–Crippen MR) is 71.4 cm³/mol. The van der Waals surface area contributed by atoms with E-state index in [4.69, 9.17) is 5.11 Å². The fraction of sp³-hybridized carbons (Fsp3) is 0.643. The summed E-state index contributed by atoms with van der Waals surface area (Å²) in [6.07, 6.45) is 4.71. The summed E-state index contributed by atoms with van der Waals surface area (Å²) < 4.78 is 0. The first-order valence-corrected chi connectivity index (χ1v) is 6.99. The second-order valence-corrected chi connectivity index (χ2v) is 5.49. The molecule has 102 valence electrons. The molecule has 0 saturated carbocycles. The standard InChI is InChI=1S/C14H19N3O2/c1-9-11-3-2-4-12(11)16-14(15-9)17-7-5-10(6-8-17)13(18)19/h10H,2-8H2,1H3,(H,18,19). The third-order valence-electron chi connectivity index (χ3n) is 4.26. The summed E-state index contributed by atoms with van der Waals surface area (Å²) in [7, 11) is 0. The van der Waals surface area contributed by atoms with Crippen molar-refractivity contribution >= 4 is 11.9 Å². The van der Waals surface area contributed by atoms with Crippen LogP contribution < -0.4 is 4.90 Å². The van der Waals surface area contributed by atoms with Gasteiger partial charge in [-0.1, -0.05) is 0 Å². The third kappa shape index (κ3) is 2.29. The van der Waals surface area contributed by atoms with Gasteiger partial charge in [0.15, 0.2) is 0 Å². The van der Waals surface area contributed by atoms with Crippen LogP contribution in [-0.4, -0.2) is 34.1 Å². The van der Waals surface area contributed by atoms with Gasteiger partial charge in [-0.05, 0) is 44.6 Å². The first kappa shape index (κ1) is 12.4. The minimum absolute atomic E-state index is 0.202. The van der Waals surface area contributed by atoms with Crippen LogP contribution in [0, 0.1) is 12.8 Å². The number of carbonyl (C=O) groups is 1. The fourth-order valence-electron chi connectivity index (χ4n) is 3.07. The van der Waals surface area contributed by atoms with E-state index in [0.29, 0.717) is 12.8 Å². The number of rotatable bonds is 2. The van der Waals surface area contributed by atoms with Crippen LogP contribution >= 0.6 is 0 Å². The molecule has 1 N–H and O–H groups in total. The predicted octanol–water partition coefficient (Wildman–Crippen LogP) is 1.57. The second-order valence-electron chi connectivity index (χ2n) is 5.49. The van der Waals surface area contributed by atoms with Crippen LogP contribution in [0.25, 0.3) is 0 Å². The number of hydrogen-bond acceptors (Lipinski definition) is 4.